The van der Waals surface area contributed by atoms with Crippen molar-refractivity contribution in [3.8, 4) is 0 Å². The fraction of sp³-hybridized carbons (Fsp3) is 0.238. The third-order valence-corrected chi connectivity index (χ3v) is 6.29. The predicted molar refractivity (Wildman–Crippen MR) is 122 cm³/mol. The van der Waals surface area contributed by atoms with Crippen LogP contribution >= 0.6 is 39.1 Å². The highest BCUT2D eigenvalue weighted by Crippen LogP contribution is 2.43. The van der Waals surface area contributed by atoms with Crippen molar-refractivity contribution in [2.24, 2.45) is 5.41 Å². The van der Waals surface area contributed by atoms with Crippen molar-refractivity contribution in [2.75, 3.05) is 5.32 Å². The van der Waals surface area contributed by atoms with Crippen LogP contribution in [0.4, 0.5) is 5.69 Å². The van der Waals surface area contributed by atoms with Gasteiger partial charge in [0.15, 0.2) is 5.78 Å². The topological polar surface area (TPSA) is 108 Å². The second-order valence-corrected chi connectivity index (χ2v) is 9.12. The number of carboxylic acids is 1. The Morgan fingerprint density at radius 1 is 1.16 bits per heavy atom. The van der Waals surface area contributed by atoms with Gasteiger partial charge in [-0.3, -0.25) is 14.6 Å². The fourth-order valence-electron chi connectivity index (χ4n) is 3.11. The van der Waals surface area contributed by atoms with Gasteiger partial charge in [0.05, 0.1) is 25.5 Å². The molecule has 2 aromatic rings. The fourth-order valence-corrected chi connectivity index (χ4v) is 4.76. The molecule has 7 nitrogen and oxygen atoms in total. The molecule has 1 heterocycles. The minimum atomic E-state index is -1.04. The van der Waals surface area contributed by atoms with Crippen molar-refractivity contribution in [2.45, 2.75) is 26.3 Å². The molecule has 3 N–H and O–H groups in total. The van der Waals surface area contributed by atoms with Crippen LogP contribution in [0.2, 0.25) is 10.0 Å². The second kappa shape index (κ2) is 8.98. The van der Waals surface area contributed by atoms with E-state index in [1.807, 2.05) is 0 Å². The number of pyridine rings is 1. The zero-order valence-corrected chi connectivity index (χ0v) is 19.6. The first kappa shape index (κ1) is 23.2. The molecule has 1 unspecified atom stereocenters. The van der Waals surface area contributed by atoms with Gasteiger partial charge in [-0.15, -0.1) is 0 Å². The van der Waals surface area contributed by atoms with Gasteiger partial charge in [0.1, 0.15) is 6.04 Å². The highest BCUT2D eigenvalue weighted by Gasteiger charge is 2.46. The average Bonchev–Trinajstić information content (AvgIpc) is 2.71. The number of carbonyl (C=O) groups is 3. The number of rotatable bonds is 7. The standard InChI is InChI=1S/C21H18BrCl2N3O4/c1-21(2)17(16(22)18(21)28)27-14(20(30)31)7-10-3-5-11(6-4-10)26-19(29)15-12(23)8-25-9-13(15)24/h3-6,8-9,14,27H,7H2,1-2H3,(H,26,29)(H,30,31). The van der Waals surface area contributed by atoms with Crippen LogP contribution in [-0.4, -0.2) is 33.8 Å². The van der Waals surface area contributed by atoms with Crippen LogP contribution in [-0.2, 0) is 16.0 Å². The van der Waals surface area contributed by atoms with Gasteiger partial charge in [-0.2, -0.15) is 0 Å². The molecule has 1 aliphatic rings. The van der Waals surface area contributed by atoms with Gasteiger partial charge in [0, 0.05) is 30.2 Å². The van der Waals surface area contributed by atoms with Gasteiger partial charge in [-0.05, 0) is 47.5 Å². The maximum Gasteiger partial charge on any atom is 0.326 e. The molecule has 0 aliphatic heterocycles. The van der Waals surface area contributed by atoms with Gasteiger partial charge < -0.3 is 15.7 Å². The van der Waals surface area contributed by atoms with Gasteiger partial charge in [0.25, 0.3) is 5.91 Å². The lowest BCUT2D eigenvalue weighted by atomic mass is 9.74. The Kier molecular flexibility index (Phi) is 6.73. The van der Waals surface area contributed by atoms with E-state index < -0.39 is 23.3 Å². The number of allylic oxidation sites excluding steroid dienone is 2. The summed E-state index contributed by atoms with van der Waals surface area (Å²) in [5.41, 5.74) is 1.16. The molecule has 1 amide bonds. The molecule has 0 saturated carbocycles. The van der Waals surface area contributed by atoms with E-state index in [1.165, 1.54) is 12.4 Å². The molecule has 1 atom stereocenters. The molecule has 31 heavy (non-hydrogen) atoms. The van der Waals surface area contributed by atoms with Crippen molar-refractivity contribution in [1.29, 1.82) is 0 Å². The van der Waals surface area contributed by atoms with E-state index in [4.69, 9.17) is 23.2 Å². The Morgan fingerprint density at radius 3 is 2.26 bits per heavy atom. The summed E-state index contributed by atoms with van der Waals surface area (Å²) in [7, 11) is 0. The van der Waals surface area contributed by atoms with Crippen LogP contribution in [0.1, 0.15) is 29.8 Å². The van der Waals surface area contributed by atoms with E-state index >= 15 is 0 Å². The summed E-state index contributed by atoms with van der Waals surface area (Å²) in [6.45, 7) is 3.47. The van der Waals surface area contributed by atoms with Gasteiger partial charge in [-0.25, -0.2) is 4.79 Å². The van der Waals surface area contributed by atoms with E-state index in [-0.39, 0.29) is 27.8 Å². The number of carboxylic acid groups (broad SMARTS) is 1. The Hall–Kier alpha value is -2.42. The van der Waals surface area contributed by atoms with Crippen LogP contribution in [0.5, 0.6) is 0 Å². The predicted octanol–water partition coefficient (Wildman–Crippen LogP) is 4.44. The normalized spacial score (nSPS) is 15.8. The summed E-state index contributed by atoms with van der Waals surface area (Å²) in [5, 5.41) is 15.5. The average molecular weight is 527 g/mol. The van der Waals surface area contributed by atoms with E-state index in [0.29, 0.717) is 15.9 Å². The molecule has 1 aliphatic carbocycles. The van der Waals surface area contributed by atoms with Crippen LogP contribution in [0.15, 0.2) is 46.8 Å². The number of ketones is 1. The zero-order valence-electron chi connectivity index (χ0n) is 16.5. The SMILES string of the molecule is CC1(C)C(=O)C(Br)=C1NC(Cc1ccc(NC(=O)c2c(Cl)cncc2Cl)cc1)C(=O)O. The largest absolute Gasteiger partial charge is 0.480 e. The first-order valence-corrected chi connectivity index (χ1v) is 10.7. The van der Waals surface area contributed by atoms with Crippen LogP contribution in [0.3, 0.4) is 0 Å². The number of aromatic nitrogens is 1. The number of nitrogens with zero attached hydrogens (tertiary/aromatic N) is 1. The second-order valence-electron chi connectivity index (χ2n) is 7.51. The maximum atomic E-state index is 12.5. The molecule has 1 aromatic heterocycles. The summed E-state index contributed by atoms with van der Waals surface area (Å²) < 4.78 is 0.371. The first-order chi connectivity index (χ1) is 14.5. The summed E-state index contributed by atoms with van der Waals surface area (Å²) in [5.74, 6) is -1.60. The van der Waals surface area contributed by atoms with Crippen LogP contribution in [0, 0.1) is 5.41 Å². The van der Waals surface area contributed by atoms with E-state index in [1.54, 1.807) is 38.1 Å². The lowest BCUT2D eigenvalue weighted by Crippen LogP contribution is -2.50. The highest BCUT2D eigenvalue weighted by atomic mass is 79.9. The zero-order chi connectivity index (χ0) is 22.9. The molecule has 0 saturated heterocycles. The third kappa shape index (κ3) is 4.76. The van der Waals surface area contributed by atoms with Gasteiger partial charge >= 0.3 is 5.97 Å². The highest BCUT2D eigenvalue weighted by molar-refractivity contribution is 9.12. The smallest absolute Gasteiger partial charge is 0.326 e. The monoisotopic (exact) mass is 525 g/mol. The van der Waals surface area contributed by atoms with Crippen molar-refractivity contribution in [1.82, 2.24) is 10.3 Å². The number of anilines is 1. The van der Waals surface area contributed by atoms with Crippen molar-refractivity contribution in [3.05, 3.63) is 68.0 Å². The quantitative estimate of drug-likeness (QED) is 0.492. The Bertz CT molecular complexity index is 1080. The van der Waals surface area contributed by atoms with Crippen molar-refractivity contribution in [3.63, 3.8) is 0 Å². The minimum Gasteiger partial charge on any atom is -0.480 e. The number of nitrogens with one attached hydrogen (secondary N) is 2. The molecule has 0 bridgehead atoms. The molecule has 1 aromatic carbocycles. The molecular weight excluding hydrogens is 509 g/mol. The van der Waals surface area contributed by atoms with Crippen LogP contribution < -0.4 is 10.6 Å². The number of hydrogen-bond acceptors (Lipinski definition) is 5. The molecule has 3 rings (SSSR count). The molecule has 162 valence electrons. The number of benzene rings is 1. The summed E-state index contributed by atoms with van der Waals surface area (Å²) in [4.78, 5) is 39.9. The van der Waals surface area contributed by atoms with Gasteiger partial charge in [-0.1, -0.05) is 35.3 Å². The van der Waals surface area contributed by atoms with Gasteiger partial charge in [0.2, 0.25) is 0 Å². The molecule has 10 heteroatoms. The Labute approximate surface area is 197 Å². The lowest BCUT2D eigenvalue weighted by Gasteiger charge is -2.38. The van der Waals surface area contributed by atoms with E-state index in [9.17, 15) is 19.5 Å². The molecule has 0 fully saturated rings. The van der Waals surface area contributed by atoms with Crippen molar-refractivity contribution >= 4 is 62.5 Å². The molecule has 0 spiro atoms. The third-order valence-electron chi connectivity index (χ3n) is 4.96. The van der Waals surface area contributed by atoms with E-state index in [0.717, 1.165) is 5.56 Å². The number of carbonyl (C=O) groups excluding carboxylic acids is 2. The summed E-state index contributed by atoms with van der Waals surface area (Å²) in [6.07, 6.45) is 2.84. The number of Topliss-reactive ketones (excluding diaryl/α,β-unsaturated/α-hetero) is 1. The lowest BCUT2D eigenvalue weighted by molar-refractivity contribution is -0.139. The summed E-state index contributed by atoms with van der Waals surface area (Å²) in [6, 6.07) is 5.81. The maximum absolute atomic E-state index is 12.5. The number of amides is 1. The first-order valence-electron chi connectivity index (χ1n) is 9.16. The summed E-state index contributed by atoms with van der Waals surface area (Å²) >= 11 is 15.2. The number of hydrogen-bond donors (Lipinski definition) is 3. The van der Waals surface area contributed by atoms with Crippen molar-refractivity contribution < 1.29 is 19.5 Å². The number of aliphatic carboxylic acids is 1. The Morgan fingerprint density at radius 2 is 1.74 bits per heavy atom. The minimum absolute atomic E-state index is 0.0753. The number of halogens is 3. The van der Waals surface area contributed by atoms with E-state index in [2.05, 4.69) is 31.5 Å². The van der Waals surface area contributed by atoms with Crippen LogP contribution in [0.25, 0.3) is 0 Å². The molecule has 0 radical (unpaired) electrons. The molecular formula is C21H18BrCl2N3O4. The Balaban J connectivity index is 1.70.